The molecule has 7 nitrogen and oxygen atoms in total. The Morgan fingerprint density at radius 2 is 2.15 bits per heavy atom. The quantitative estimate of drug-likeness (QED) is 0.538. The summed E-state index contributed by atoms with van der Waals surface area (Å²) in [6.07, 6.45) is 6.88. The summed E-state index contributed by atoms with van der Waals surface area (Å²) in [7, 11) is 1.64. The Balaban J connectivity index is 1.83. The highest BCUT2D eigenvalue weighted by Gasteiger charge is 2.27. The summed E-state index contributed by atoms with van der Waals surface area (Å²) >= 11 is -0.787. The molecule has 9 heteroatoms. The van der Waals surface area contributed by atoms with E-state index in [1.807, 2.05) is 69.5 Å². The molecule has 178 valence electrons. The second-order valence-corrected chi connectivity index (χ2v) is 10.7. The zero-order valence-electron chi connectivity index (χ0n) is 19.5. The van der Waals surface area contributed by atoms with Crippen LogP contribution < -0.4 is 14.8 Å². The van der Waals surface area contributed by atoms with Crippen LogP contribution in [0.4, 0.5) is 0 Å². The largest absolute Gasteiger partial charge is 0.760 e. The van der Waals surface area contributed by atoms with E-state index < -0.39 is 16.7 Å². The molecule has 0 aliphatic heterocycles. The van der Waals surface area contributed by atoms with Gasteiger partial charge in [-0.2, -0.15) is 0 Å². The molecule has 0 bridgehead atoms. The third-order valence-electron chi connectivity index (χ3n) is 5.38. The maximum atomic E-state index is 12.8. The van der Waals surface area contributed by atoms with Crippen molar-refractivity contribution >= 4 is 28.5 Å². The number of carbonyl (C=O) groups is 1. The van der Waals surface area contributed by atoms with Crippen LogP contribution in [0.2, 0.25) is 0 Å². The predicted octanol–water partition coefficient (Wildman–Crippen LogP) is 4.36. The van der Waals surface area contributed by atoms with Crippen LogP contribution in [-0.2, 0) is 16.1 Å². The number of amides is 1. The molecule has 2 N–H and O–H groups in total. The molecule has 1 aliphatic carbocycles. The van der Waals surface area contributed by atoms with E-state index in [2.05, 4.69) is 10.0 Å². The van der Waals surface area contributed by atoms with Crippen molar-refractivity contribution in [3.8, 4) is 17.0 Å². The van der Waals surface area contributed by atoms with Gasteiger partial charge < -0.3 is 14.6 Å². The third kappa shape index (κ3) is 6.83. The summed E-state index contributed by atoms with van der Waals surface area (Å²) in [5.41, 5.74) is 3.44. The van der Waals surface area contributed by atoms with Gasteiger partial charge in [-0.3, -0.25) is 9.00 Å². The highest BCUT2D eigenvalue weighted by molar-refractivity contribution is 7.77. The summed E-state index contributed by atoms with van der Waals surface area (Å²) in [6, 6.07) is 5.35. The van der Waals surface area contributed by atoms with E-state index in [-0.39, 0.29) is 18.0 Å². The van der Waals surface area contributed by atoms with Gasteiger partial charge in [0.25, 0.3) is 0 Å². The van der Waals surface area contributed by atoms with E-state index >= 15 is 0 Å². The van der Waals surface area contributed by atoms with Gasteiger partial charge in [-0.25, -0.2) is 9.71 Å². The Labute approximate surface area is 201 Å². The van der Waals surface area contributed by atoms with Gasteiger partial charge in [0.15, 0.2) is 0 Å². The number of benzene rings is 1. The maximum Gasteiger partial charge on any atom is 0.225 e. The van der Waals surface area contributed by atoms with Crippen LogP contribution in [0.25, 0.3) is 11.3 Å². The van der Waals surface area contributed by atoms with Crippen LogP contribution in [0.5, 0.6) is 5.75 Å². The predicted molar refractivity (Wildman–Crippen MR) is 131 cm³/mol. The first-order chi connectivity index (χ1) is 15.6. The van der Waals surface area contributed by atoms with Gasteiger partial charge in [-0.1, -0.05) is 39.0 Å². The SMILES string of the molecule is COc1ccc(-c2csc([C@H](CC3=CCC(NS(=O)[O-])C=C3)NC(=O)C(C)(C)C)n2)c(C)c1. The van der Waals surface area contributed by atoms with Crippen LogP contribution in [0.3, 0.4) is 0 Å². The maximum absolute atomic E-state index is 12.8. The molecule has 1 amide bonds. The molecule has 0 fully saturated rings. The van der Waals surface area contributed by atoms with Crippen molar-refractivity contribution in [1.29, 1.82) is 0 Å². The number of thiazole rings is 1. The molecule has 1 aliphatic rings. The molecule has 1 heterocycles. The molecule has 2 aromatic rings. The van der Waals surface area contributed by atoms with Gasteiger partial charge in [0, 0.05) is 33.7 Å². The van der Waals surface area contributed by atoms with Crippen molar-refractivity contribution in [2.75, 3.05) is 7.11 Å². The first-order valence-corrected chi connectivity index (χ1v) is 12.7. The number of allylic oxidation sites excluding steroid dienone is 1. The minimum Gasteiger partial charge on any atom is -0.760 e. The Morgan fingerprint density at radius 3 is 2.73 bits per heavy atom. The average molecular weight is 489 g/mol. The zero-order valence-corrected chi connectivity index (χ0v) is 21.1. The highest BCUT2D eigenvalue weighted by Crippen LogP contribution is 2.33. The van der Waals surface area contributed by atoms with E-state index in [1.165, 1.54) is 11.3 Å². The molecule has 0 spiro atoms. The summed E-state index contributed by atoms with van der Waals surface area (Å²) < 4.78 is 29.5. The molecule has 0 radical (unpaired) electrons. The molecule has 0 saturated carbocycles. The second kappa shape index (κ2) is 10.7. The van der Waals surface area contributed by atoms with Crippen molar-refractivity contribution in [3.05, 3.63) is 58.0 Å². The van der Waals surface area contributed by atoms with Crippen molar-refractivity contribution in [3.63, 3.8) is 0 Å². The topological polar surface area (TPSA) is 103 Å². The van der Waals surface area contributed by atoms with Gasteiger partial charge in [0.2, 0.25) is 5.91 Å². The number of nitrogens with zero attached hydrogens (tertiary/aromatic N) is 1. The number of rotatable bonds is 8. The molecule has 3 atom stereocenters. The number of aromatic nitrogens is 1. The van der Waals surface area contributed by atoms with Crippen LogP contribution in [-0.4, -0.2) is 32.8 Å². The van der Waals surface area contributed by atoms with Crippen molar-refractivity contribution < 1.29 is 18.3 Å². The van der Waals surface area contributed by atoms with Gasteiger partial charge in [-0.05, 0) is 49.1 Å². The Morgan fingerprint density at radius 1 is 1.39 bits per heavy atom. The van der Waals surface area contributed by atoms with Crippen LogP contribution in [0.15, 0.2) is 47.4 Å². The normalized spacial score (nSPS) is 17.9. The van der Waals surface area contributed by atoms with E-state index in [4.69, 9.17) is 9.72 Å². The minimum absolute atomic E-state index is 0.0495. The summed E-state index contributed by atoms with van der Waals surface area (Å²) in [6.45, 7) is 7.66. The molecule has 3 rings (SSSR count). The second-order valence-electron chi connectivity index (χ2n) is 9.06. The molecule has 1 aromatic heterocycles. The molecular weight excluding hydrogens is 458 g/mol. The number of hydrogen-bond donors (Lipinski definition) is 2. The van der Waals surface area contributed by atoms with Crippen LogP contribution in [0.1, 0.15) is 50.2 Å². The van der Waals surface area contributed by atoms with Crippen molar-refractivity contribution in [2.45, 2.75) is 52.6 Å². The highest BCUT2D eigenvalue weighted by atomic mass is 32.2. The number of ether oxygens (including phenoxy) is 1. The first kappa shape index (κ1) is 25.3. The van der Waals surface area contributed by atoms with Crippen molar-refractivity contribution in [2.24, 2.45) is 5.41 Å². The van der Waals surface area contributed by atoms with E-state index in [9.17, 15) is 13.6 Å². The summed E-state index contributed by atoms with van der Waals surface area (Å²) in [4.78, 5) is 17.7. The van der Waals surface area contributed by atoms with Gasteiger partial charge in [-0.15, -0.1) is 11.3 Å². The molecule has 33 heavy (non-hydrogen) atoms. The lowest BCUT2D eigenvalue weighted by atomic mass is 9.93. The van der Waals surface area contributed by atoms with Crippen LogP contribution >= 0.6 is 11.3 Å². The lowest BCUT2D eigenvalue weighted by Gasteiger charge is -2.25. The van der Waals surface area contributed by atoms with Gasteiger partial charge in [0.1, 0.15) is 10.8 Å². The van der Waals surface area contributed by atoms with Crippen LogP contribution in [0, 0.1) is 12.3 Å². The van der Waals surface area contributed by atoms with Gasteiger partial charge in [0.05, 0.1) is 18.8 Å². The fourth-order valence-corrected chi connectivity index (χ4v) is 4.75. The smallest absolute Gasteiger partial charge is 0.225 e. The standard InChI is InChI=1S/C24H31N3O4S2/c1-15-12-18(31-5)10-11-19(15)21-14-32-22(25-21)20(26-23(28)24(2,3)4)13-16-6-8-17(9-7-16)27-33(29)30/h6-8,10-12,14,17,20,27H,9,13H2,1-5H3,(H,26,28)(H,29,30)/p-1/t17?,20-/m0/s1. The fourth-order valence-electron chi connectivity index (χ4n) is 3.46. The molecule has 2 unspecified atom stereocenters. The van der Waals surface area contributed by atoms with E-state index in [1.54, 1.807) is 7.11 Å². The molecule has 1 aromatic carbocycles. The van der Waals surface area contributed by atoms with Crippen molar-refractivity contribution in [1.82, 2.24) is 15.0 Å². The average Bonchev–Trinajstić information content (AvgIpc) is 3.23. The summed E-state index contributed by atoms with van der Waals surface area (Å²) in [5, 5.41) is 6.00. The third-order valence-corrected chi connectivity index (χ3v) is 6.83. The lowest BCUT2D eigenvalue weighted by Crippen LogP contribution is -2.37. The first-order valence-electron chi connectivity index (χ1n) is 10.7. The van der Waals surface area contributed by atoms with E-state index in [0.29, 0.717) is 12.8 Å². The Bertz CT molecular complexity index is 1090. The van der Waals surface area contributed by atoms with Gasteiger partial charge >= 0.3 is 0 Å². The number of hydrogen-bond acceptors (Lipinski definition) is 6. The summed E-state index contributed by atoms with van der Waals surface area (Å²) in [5.74, 6) is 0.748. The lowest BCUT2D eigenvalue weighted by molar-refractivity contribution is -0.129. The number of methoxy groups -OCH3 is 1. The fraction of sp³-hybridized carbons (Fsp3) is 0.417. The minimum atomic E-state index is -2.31. The Kier molecular flexibility index (Phi) is 8.23. The molecule has 0 saturated heterocycles. The van der Waals surface area contributed by atoms with E-state index in [0.717, 1.165) is 33.2 Å². The number of nitrogens with one attached hydrogen (secondary N) is 2. The number of aryl methyl sites for hydroxylation is 1. The molecular formula is C24H30N3O4S2-. The Hall–Kier alpha value is -2.33. The monoisotopic (exact) mass is 488 g/mol. The zero-order chi connectivity index (χ0) is 24.2. The number of carbonyl (C=O) groups excluding carboxylic acids is 1.